The summed E-state index contributed by atoms with van der Waals surface area (Å²) in [6.07, 6.45) is 3.58. The Kier molecular flexibility index (Phi) is 5.28. The summed E-state index contributed by atoms with van der Waals surface area (Å²) in [4.78, 5) is 11.0. The molecule has 0 aliphatic rings. The molecule has 0 radical (unpaired) electrons. The van der Waals surface area contributed by atoms with Crippen molar-refractivity contribution in [3.05, 3.63) is 11.9 Å². The van der Waals surface area contributed by atoms with Crippen LogP contribution in [0.25, 0.3) is 0 Å². The quantitative estimate of drug-likeness (QED) is 0.732. The van der Waals surface area contributed by atoms with Crippen molar-refractivity contribution in [2.45, 2.75) is 52.7 Å². The van der Waals surface area contributed by atoms with E-state index in [1.807, 2.05) is 6.20 Å². The van der Waals surface area contributed by atoms with Crippen LogP contribution >= 0.6 is 0 Å². The summed E-state index contributed by atoms with van der Waals surface area (Å²) >= 11 is 0. The lowest BCUT2D eigenvalue weighted by Crippen LogP contribution is -2.22. The number of rotatable bonds is 7. The van der Waals surface area contributed by atoms with Crippen molar-refractivity contribution < 1.29 is 4.79 Å². The Bertz CT molecular complexity index is 346. The van der Waals surface area contributed by atoms with Crippen molar-refractivity contribution in [3.8, 4) is 0 Å². The molecule has 1 heterocycles. The van der Waals surface area contributed by atoms with Crippen LogP contribution < -0.4 is 5.32 Å². The summed E-state index contributed by atoms with van der Waals surface area (Å²) < 4.78 is 1.66. The Hall–Kier alpha value is -1.23. The Morgan fingerprint density at radius 2 is 2.12 bits per heavy atom. The van der Waals surface area contributed by atoms with Gasteiger partial charge in [0.2, 0.25) is 0 Å². The molecule has 0 bridgehead atoms. The highest BCUT2D eigenvalue weighted by Crippen LogP contribution is 2.14. The molecule has 5 heteroatoms. The van der Waals surface area contributed by atoms with E-state index in [0.717, 1.165) is 18.4 Å². The highest BCUT2D eigenvalue weighted by Gasteiger charge is 2.13. The summed E-state index contributed by atoms with van der Waals surface area (Å²) in [5.41, 5.74) is 0.870. The lowest BCUT2D eigenvalue weighted by molar-refractivity contribution is -0.111. The molecule has 0 aliphatic heterocycles. The lowest BCUT2D eigenvalue weighted by atomic mass is 10.1. The van der Waals surface area contributed by atoms with Crippen molar-refractivity contribution in [3.63, 3.8) is 0 Å². The van der Waals surface area contributed by atoms with Crippen LogP contribution in [-0.4, -0.2) is 27.3 Å². The molecule has 0 saturated carbocycles. The van der Waals surface area contributed by atoms with Crippen LogP contribution in [-0.2, 0) is 11.3 Å². The second-order valence-electron chi connectivity index (χ2n) is 5.06. The topological polar surface area (TPSA) is 59.8 Å². The first-order chi connectivity index (χ1) is 8.02. The van der Waals surface area contributed by atoms with E-state index >= 15 is 0 Å². The Morgan fingerprint density at radius 1 is 1.41 bits per heavy atom. The van der Waals surface area contributed by atoms with Crippen molar-refractivity contribution in [2.75, 3.05) is 0 Å². The van der Waals surface area contributed by atoms with Crippen molar-refractivity contribution in [1.82, 2.24) is 20.3 Å². The van der Waals surface area contributed by atoms with Gasteiger partial charge >= 0.3 is 0 Å². The van der Waals surface area contributed by atoms with Gasteiger partial charge in [0.05, 0.1) is 11.9 Å². The van der Waals surface area contributed by atoms with Crippen LogP contribution in [0, 0.1) is 5.92 Å². The number of aromatic nitrogens is 3. The van der Waals surface area contributed by atoms with Gasteiger partial charge in [-0.3, -0.25) is 0 Å². The average molecular weight is 238 g/mol. The summed E-state index contributed by atoms with van der Waals surface area (Å²) in [6.45, 7) is 9.03. The fourth-order valence-corrected chi connectivity index (χ4v) is 1.57. The minimum atomic E-state index is -0.199. The van der Waals surface area contributed by atoms with Gasteiger partial charge in [-0.2, -0.15) is 0 Å². The number of carbonyl (C=O) groups excluding carboxylic acids is 1. The van der Waals surface area contributed by atoms with Gasteiger partial charge < -0.3 is 10.1 Å². The third-order valence-corrected chi connectivity index (χ3v) is 2.46. The minimum absolute atomic E-state index is 0.199. The molecular formula is C12H22N4O. The fraction of sp³-hybridized carbons (Fsp3) is 0.750. The van der Waals surface area contributed by atoms with E-state index in [4.69, 9.17) is 0 Å². The molecule has 0 fully saturated rings. The van der Waals surface area contributed by atoms with Crippen LogP contribution in [0.5, 0.6) is 0 Å². The van der Waals surface area contributed by atoms with E-state index in [-0.39, 0.29) is 6.04 Å². The maximum absolute atomic E-state index is 11.0. The predicted octanol–water partition coefficient (Wildman–Crippen LogP) is 1.56. The third kappa shape index (κ3) is 4.65. The zero-order valence-electron chi connectivity index (χ0n) is 11.1. The number of hydrogen-bond acceptors (Lipinski definition) is 4. The summed E-state index contributed by atoms with van der Waals surface area (Å²) in [7, 11) is 0. The first-order valence-electron chi connectivity index (χ1n) is 6.12. The Balaban J connectivity index is 2.61. The maximum Gasteiger partial charge on any atom is 0.144 e. The molecule has 0 unspecified atom stereocenters. The van der Waals surface area contributed by atoms with Gasteiger partial charge in [0, 0.05) is 12.6 Å². The molecule has 1 rings (SSSR count). The molecule has 17 heavy (non-hydrogen) atoms. The third-order valence-electron chi connectivity index (χ3n) is 2.46. The zero-order chi connectivity index (χ0) is 12.8. The number of aldehydes is 1. The van der Waals surface area contributed by atoms with E-state index in [1.54, 1.807) is 4.68 Å². The highest BCUT2D eigenvalue weighted by atomic mass is 16.1. The van der Waals surface area contributed by atoms with E-state index in [0.29, 0.717) is 18.5 Å². The predicted molar refractivity (Wildman–Crippen MR) is 66.6 cm³/mol. The Morgan fingerprint density at radius 3 is 2.65 bits per heavy atom. The van der Waals surface area contributed by atoms with Crippen molar-refractivity contribution in [2.24, 2.45) is 5.92 Å². The molecule has 1 aromatic heterocycles. The van der Waals surface area contributed by atoms with Gasteiger partial charge in [-0.05, 0) is 12.3 Å². The molecule has 0 saturated heterocycles. The van der Waals surface area contributed by atoms with Crippen LogP contribution in [0.3, 0.4) is 0 Å². The van der Waals surface area contributed by atoms with E-state index < -0.39 is 0 Å². The van der Waals surface area contributed by atoms with E-state index in [9.17, 15) is 4.79 Å². The van der Waals surface area contributed by atoms with Gasteiger partial charge in [-0.15, -0.1) is 5.10 Å². The molecule has 0 aliphatic carbocycles. The fourth-order valence-electron chi connectivity index (χ4n) is 1.57. The Labute approximate surface area is 103 Å². The molecular weight excluding hydrogens is 216 g/mol. The van der Waals surface area contributed by atoms with Gasteiger partial charge in [-0.25, -0.2) is 4.68 Å². The molecule has 1 aromatic rings. The second kappa shape index (κ2) is 6.49. The van der Waals surface area contributed by atoms with E-state index in [2.05, 4.69) is 43.3 Å². The lowest BCUT2D eigenvalue weighted by Gasteiger charge is -2.11. The first kappa shape index (κ1) is 13.8. The molecule has 0 amide bonds. The average Bonchev–Trinajstić information content (AvgIpc) is 2.71. The van der Waals surface area contributed by atoms with Crippen molar-refractivity contribution >= 4 is 6.29 Å². The standard InChI is InChI=1S/C12H22N4O/c1-9(2)5-12(8-17)16-7-11(14-15-16)6-13-10(3)4/h7-10,12-13H,5-6H2,1-4H3/t12-/m0/s1. The van der Waals surface area contributed by atoms with Gasteiger partial charge in [0.25, 0.3) is 0 Å². The number of carbonyl (C=O) groups is 1. The summed E-state index contributed by atoms with van der Waals surface area (Å²) in [5.74, 6) is 0.464. The van der Waals surface area contributed by atoms with Crippen LogP contribution in [0.1, 0.15) is 45.9 Å². The highest BCUT2D eigenvalue weighted by molar-refractivity contribution is 5.55. The first-order valence-corrected chi connectivity index (χ1v) is 6.12. The maximum atomic E-state index is 11.0. The molecule has 1 atom stereocenters. The molecule has 1 N–H and O–H groups in total. The number of nitrogens with zero attached hydrogens (tertiary/aromatic N) is 3. The van der Waals surface area contributed by atoms with Crippen LogP contribution in [0.2, 0.25) is 0 Å². The second-order valence-corrected chi connectivity index (χ2v) is 5.06. The molecule has 96 valence electrons. The molecule has 0 aromatic carbocycles. The summed E-state index contributed by atoms with van der Waals surface area (Å²) in [5, 5.41) is 11.3. The van der Waals surface area contributed by atoms with E-state index in [1.165, 1.54) is 0 Å². The summed E-state index contributed by atoms with van der Waals surface area (Å²) in [6, 6.07) is 0.216. The number of hydrogen-bond donors (Lipinski definition) is 1. The van der Waals surface area contributed by atoms with Crippen LogP contribution in [0.15, 0.2) is 6.20 Å². The van der Waals surface area contributed by atoms with Gasteiger partial charge in [0.15, 0.2) is 0 Å². The van der Waals surface area contributed by atoms with Crippen molar-refractivity contribution in [1.29, 1.82) is 0 Å². The largest absolute Gasteiger partial charge is 0.309 e. The monoisotopic (exact) mass is 238 g/mol. The zero-order valence-corrected chi connectivity index (χ0v) is 11.1. The molecule has 5 nitrogen and oxygen atoms in total. The molecule has 0 spiro atoms. The van der Waals surface area contributed by atoms with Crippen LogP contribution in [0.4, 0.5) is 0 Å². The smallest absolute Gasteiger partial charge is 0.144 e. The SMILES string of the molecule is CC(C)C[C@@H](C=O)n1cc(CNC(C)C)nn1. The normalized spacial score (nSPS) is 13.3. The minimum Gasteiger partial charge on any atom is -0.309 e. The van der Waals surface area contributed by atoms with Gasteiger partial charge in [0.1, 0.15) is 12.3 Å². The van der Waals surface area contributed by atoms with Gasteiger partial charge in [-0.1, -0.05) is 32.9 Å². The number of nitrogens with one attached hydrogen (secondary N) is 1.